The number of rotatable bonds is 7. The number of hydrazine groups is 1. The first-order chi connectivity index (χ1) is 16.0. The molecule has 176 valence electrons. The lowest BCUT2D eigenvalue weighted by Crippen LogP contribution is -2.75. The van der Waals surface area contributed by atoms with Gasteiger partial charge in [-0.25, -0.2) is 14.8 Å². The highest BCUT2D eigenvalue weighted by atomic mass is 16.3. The molecule has 1 unspecified atom stereocenters. The van der Waals surface area contributed by atoms with Crippen molar-refractivity contribution in [2.45, 2.75) is 51.5 Å². The summed E-state index contributed by atoms with van der Waals surface area (Å²) in [6, 6.07) is 12.4. The van der Waals surface area contributed by atoms with Crippen LogP contribution < -0.4 is 5.32 Å². The summed E-state index contributed by atoms with van der Waals surface area (Å²) < 4.78 is 5.46. The molecule has 0 radical (unpaired) electrons. The molecule has 2 aliphatic rings. The van der Waals surface area contributed by atoms with Crippen molar-refractivity contribution in [1.82, 2.24) is 25.1 Å². The number of urea groups is 1. The zero-order valence-electron chi connectivity index (χ0n) is 19.1. The molecule has 2 aromatic rings. The Labute approximate surface area is 193 Å². The van der Waals surface area contributed by atoms with Crippen molar-refractivity contribution >= 4 is 17.8 Å². The first-order valence-corrected chi connectivity index (χ1v) is 11.4. The van der Waals surface area contributed by atoms with E-state index in [0.29, 0.717) is 25.3 Å². The van der Waals surface area contributed by atoms with Crippen LogP contribution in [0.15, 0.2) is 53.1 Å². The maximum absolute atomic E-state index is 13.4. The SMILES string of the molecule is CCCC[C@H]1C(=O)N(Cc2ccco2)CC2N1C(=O)CN(C)N2C(=O)NCc1ccccc1. The average Bonchev–Trinajstić information content (AvgIpc) is 3.32. The number of fused-ring (bicyclic) bond motifs is 1. The monoisotopic (exact) mass is 453 g/mol. The first-order valence-electron chi connectivity index (χ1n) is 11.4. The van der Waals surface area contributed by atoms with E-state index in [1.54, 1.807) is 39.2 Å². The standard InChI is InChI=1S/C24H31N5O4/c1-3-4-12-20-23(31)27(15-19-11-8-13-33-19)16-21-28(20)22(30)17-26(2)29(21)24(32)25-14-18-9-6-5-7-10-18/h5-11,13,20-21H,3-4,12,14-17H2,1-2H3,(H,25,32)/t20-,21?/m0/s1. The molecule has 0 saturated carbocycles. The fraction of sp³-hybridized carbons (Fsp3) is 0.458. The molecule has 33 heavy (non-hydrogen) atoms. The quantitative estimate of drug-likeness (QED) is 0.696. The summed E-state index contributed by atoms with van der Waals surface area (Å²) in [6.07, 6.45) is 3.29. The molecular weight excluding hydrogens is 422 g/mol. The number of hydrogen-bond donors (Lipinski definition) is 1. The molecule has 2 saturated heterocycles. The second-order valence-electron chi connectivity index (χ2n) is 8.54. The molecule has 4 amide bonds. The van der Waals surface area contributed by atoms with Gasteiger partial charge in [-0.05, 0) is 24.1 Å². The summed E-state index contributed by atoms with van der Waals surface area (Å²) in [6.45, 7) is 3.00. The van der Waals surface area contributed by atoms with Crippen LogP contribution in [0.3, 0.4) is 0 Å². The van der Waals surface area contributed by atoms with Gasteiger partial charge in [0.05, 0.1) is 25.9 Å². The Bertz CT molecular complexity index is 964. The number of hydrogen-bond acceptors (Lipinski definition) is 5. The molecule has 0 aliphatic carbocycles. The molecule has 4 rings (SSSR count). The van der Waals surface area contributed by atoms with Crippen LogP contribution in [0.25, 0.3) is 0 Å². The Morgan fingerprint density at radius 3 is 2.64 bits per heavy atom. The van der Waals surface area contributed by atoms with E-state index in [0.717, 1.165) is 18.4 Å². The van der Waals surface area contributed by atoms with Crippen molar-refractivity contribution in [1.29, 1.82) is 0 Å². The van der Waals surface area contributed by atoms with E-state index in [1.807, 2.05) is 36.4 Å². The van der Waals surface area contributed by atoms with E-state index >= 15 is 0 Å². The van der Waals surface area contributed by atoms with Gasteiger partial charge in [-0.15, -0.1) is 0 Å². The minimum absolute atomic E-state index is 0.0450. The van der Waals surface area contributed by atoms with Crippen LogP contribution in [-0.2, 0) is 22.7 Å². The second kappa shape index (κ2) is 10.1. The van der Waals surface area contributed by atoms with Gasteiger partial charge in [-0.1, -0.05) is 50.1 Å². The van der Waals surface area contributed by atoms with Crippen LogP contribution in [0.1, 0.15) is 37.5 Å². The summed E-state index contributed by atoms with van der Waals surface area (Å²) in [5.74, 6) is 0.432. The Kier molecular flexibility index (Phi) is 6.98. The highest BCUT2D eigenvalue weighted by molar-refractivity contribution is 5.91. The molecule has 1 aromatic carbocycles. The van der Waals surface area contributed by atoms with Crippen LogP contribution in [0.5, 0.6) is 0 Å². The molecule has 0 spiro atoms. The number of piperazine rings is 1. The van der Waals surface area contributed by atoms with Crippen molar-refractivity contribution in [2.75, 3.05) is 20.1 Å². The van der Waals surface area contributed by atoms with Gasteiger partial charge in [0.25, 0.3) is 0 Å². The number of likely N-dealkylation sites (N-methyl/N-ethyl adjacent to an activating group) is 1. The number of carbonyl (C=O) groups is 3. The Balaban J connectivity index is 1.58. The van der Waals surface area contributed by atoms with Gasteiger partial charge < -0.3 is 19.5 Å². The zero-order valence-corrected chi connectivity index (χ0v) is 19.1. The number of unbranched alkanes of at least 4 members (excludes halogenated alkanes) is 1. The molecule has 1 aromatic heterocycles. The van der Waals surface area contributed by atoms with Crippen molar-refractivity contribution in [3.05, 3.63) is 60.1 Å². The molecule has 2 aliphatic heterocycles. The van der Waals surface area contributed by atoms with E-state index in [9.17, 15) is 14.4 Å². The van der Waals surface area contributed by atoms with Gasteiger partial charge in [0, 0.05) is 13.6 Å². The van der Waals surface area contributed by atoms with E-state index in [2.05, 4.69) is 12.2 Å². The van der Waals surface area contributed by atoms with E-state index in [4.69, 9.17) is 4.42 Å². The van der Waals surface area contributed by atoms with E-state index in [-0.39, 0.29) is 30.9 Å². The summed E-state index contributed by atoms with van der Waals surface area (Å²) >= 11 is 0. The predicted molar refractivity (Wildman–Crippen MR) is 121 cm³/mol. The summed E-state index contributed by atoms with van der Waals surface area (Å²) in [4.78, 5) is 43.1. The molecule has 9 heteroatoms. The average molecular weight is 454 g/mol. The summed E-state index contributed by atoms with van der Waals surface area (Å²) in [7, 11) is 1.73. The highest BCUT2D eigenvalue weighted by Crippen LogP contribution is 2.29. The number of nitrogens with one attached hydrogen (secondary N) is 1. The lowest BCUT2D eigenvalue weighted by Gasteiger charge is -2.54. The van der Waals surface area contributed by atoms with Crippen LogP contribution >= 0.6 is 0 Å². The minimum atomic E-state index is -0.593. The second-order valence-corrected chi connectivity index (χ2v) is 8.54. The zero-order chi connectivity index (χ0) is 23.4. The van der Waals surface area contributed by atoms with Crippen LogP contribution in [-0.4, -0.2) is 70.0 Å². The minimum Gasteiger partial charge on any atom is -0.467 e. The number of benzene rings is 1. The third kappa shape index (κ3) is 4.88. The molecule has 1 N–H and O–H groups in total. The third-order valence-corrected chi connectivity index (χ3v) is 6.19. The normalized spacial score (nSPS) is 21.3. The van der Waals surface area contributed by atoms with E-state index < -0.39 is 12.2 Å². The molecule has 0 bridgehead atoms. The maximum Gasteiger partial charge on any atom is 0.334 e. The highest BCUT2D eigenvalue weighted by Gasteiger charge is 2.50. The maximum atomic E-state index is 13.4. The Morgan fingerprint density at radius 1 is 1.15 bits per heavy atom. The molecule has 3 heterocycles. The first kappa shape index (κ1) is 22.8. The number of carbonyl (C=O) groups excluding carboxylic acids is 3. The summed E-state index contributed by atoms with van der Waals surface area (Å²) in [5, 5.41) is 6.18. The summed E-state index contributed by atoms with van der Waals surface area (Å²) in [5.41, 5.74) is 0.984. The Hall–Kier alpha value is -3.33. The smallest absolute Gasteiger partial charge is 0.334 e. The van der Waals surface area contributed by atoms with Crippen molar-refractivity contribution in [3.63, 3.8) is 0 Å². The van der Waals surface area contributed by atoms with Crippen molar-refractivity contribution in [2.24, 2.45) is 0 Å². The van der Waals surface area contributed by atoms with Crippen molar-refractivity contribution < 1.29 is 18.8 Å². The molecule has 9 nitrogen and oxygen atoms in total. The van der Waals surface area contributed by atoms with Gasteiger partial charge in [-0.2, -0.15) is 0 Å². The molecule has 2 atom stereocenters. The number of amides is 4. The molecular formula is C24H31N5O4. The van der Waals surface area contributed by atoms with Crippen molar-refractivity contribution in [3.8, 4) is 0 Å². The topological polar surface area (TPSA) is 89.3 Å². The third-order valence-electron chi connectivity index (χ3n) is 6.19. The van der Waals surface area contributed by atoms with Gasteiger partial charge in [-0.3, -0.25) is 9.59 Å². The lowest BCUT2D eigenvalue weighted by atomic mass is 10.0. The van der Waals surface area contributed by atoms with Gasteiger partial charge >= 0.3 is 6.03 Å². The van der Waals surface area contributed by atoms with Gasteiger partial charge in [0.15, 0.2) is 0 Å². The number of furan rings is 1. The van der Waals surface area contributed by atoms with Crippen LogP contribution in [0.2, 0.25) is 0 Å². The van der Waals surface area contributed by atoms with Gasteiger partial charge in [0.2, 0.25) is 11.8 Å². The fourth-order valence-corrected chi connectivity index (χ4v) is 4.57. The van der Waals surface area contributed by atoms with Crippen LogP contribution in [0.4, 0.5) is 4.79 Å². The van der Waals surface area contributed by atoms with Crippen LogP contribution in [0, 0.1) is 0 Å². The van der Waals surface area contributed by atoms with Gasteiger partial charge in [0.1, 0.15) is 18.0 Å². The predicted octanol–water partition coefficient (Wildman–Crippen LogP) is 2.41. The molecule has 2 fully saturated rings. The lowest BCUT2D eigenvalue weighted by molar-refractivity contribution is -0.188. The number of nitrogens with zero attached hydrogens (tertiary/aromatic N) is 4. The van der Waals surface area contributed by atoms with E-state index in [1.165, 1.54) is 0 Å². The fourth-order valence-electron chi connectivity index (χ4n) is 4.57. The Morgan fingerprint density at radius 2 is 1.94 bits per heavy atom. The largest absolute Gasteiger partial charge is 0.467 e.